The molecule has 6 nitrogen and oxygen atoms in total. The van der Waals surface area contributed by atoms with Crippen LogP contribution in [0.3, 0.4) is 0 Å². The number of nitrogens with zero attached hydrogens (tertiary/aromatic N) is 5. The van der Waals surface area contributed by atoms with E-state index in [2.05, 4.69) is 28.3 Å². The van der Waals surface area contributed by atoms with Crippen molar-refractivity contribution in [3.8, 4) is 0 Å². The highest BCUT2D eigenvalue weighted by atomic mass is 16.2. The van der Waals surface area contributed by atoms with E-state index in [1.807, 2.05) is 47.4 Å². The molecule has 4 aromatic rings. The number of fused-ring (bicyclic) bond motifs is 4. The van der Waals surface area contributed by atoms with Gasteiger partial charge in [-0.15, -0.1) is 10.2 Å². The number of hydrogen-bond acceptors (Lipinski definition) is 4. The summed E-state index contributed by atoms with van der Waals surface area (Å²) in [6.07, 6.45) is 6.99. The van der Waals surface area contributed by atoms with Crippen LogP contribution < -0.4 is 4.90 Å². The Labute approximate surface area is 162 Å². The molecular weight excluding hydrogens is 350 g/mol. The van der Waals surface area contributed by atoms with E-state index in [9.17, 15) is 4.79 Å². The van der Waals surface area contributed by atoms with E-state index in [0.717, 1.165) is 29.3 Å². The molecule has 1 aliphatic heterocycles. The fourth-order valence-corrected chi connectivity index (χ4v) is 3.86. The lowest BCUT2D eigenvalue weighted by atomic mass is 9.96. The van der Waals surface area contributed by atoms with Gasteiger partial charge in [0.05, 0.1) is 6.20 Å². The minimum atomic E-state index is -0.0582. The normalized spacial score (nSPS) is 16.8. The van der Waals surface area contributed by atoms with Gasteiger partial charge in [-0.3, -0.25) is 4.79 Å². The Bertz CT molecular complexity index is 1230. The molecule has 28 heavy (non-hydrogen) atoms. The fraction of sp³-hybridized carbons (Fsp3) is 0.182. The number of rotatable bonds is 2. The molecule has 0 aliphatic carbocycles. The summed E-state index contributed by atoms with van der Waals surface area (Å²) in [6.45, 7) is 2.09. The second kappa shape index (κ2) is 6.56. The van der Waals surface area contributed by atoms with E-state index in [-0.39, 0.29) is 11.9 Å². The number of hydrogen-bond donors (Lipinski definition) is 0. The van der Waals surface area contributed by atoms with Crippen molar-refractivity contribution in [3.05, 3.63) is 72.2 Å². The van der Waals surface area contributed by atoms with E-state index >= 15 is 0 Å². The Morgan fingerprint density at radius 2 is 1.93 bits per heavy atom. The maximum absolute atomic E-state index is 13.0. The zero-order chi connectivity index (χ0) is 19.1. The van der Waals surface area contributed by atoms with Crippen molar-refractivity contribution in [2.45, 2.75) is 25.8 Å². The van der Waals surface area contributed by atoms with Crippen molar-refractivity contribution >= 4 is 34.1 Å². The topological polar surface area (TPSA) is 63.4 Å². The van der Waals surface area contributed by atoms with E-state index in [1.54, 1.807) is 22.9 Å². The molecule has 6 heteroatoms. The van der Waals surface area contributed by atoms with Crippen molar-refractivity contribution < 1.29 is 4.79 Å². The highest BCUT2D eigenvalue weighted by Gasteiger charge is 2.26. The zero-order valence-corrected chi connectivity index (χ0v) is 15.5. The standard InChI is InChI=1S/C22H19N5O/c1-15-10-11-16-6-3-5-9-19(16)26(15)21(28)13-12-20-24-25-22-18-8-4-2-7-17(18)14-23-27(20)22/h2-9,12-15H,10-11H2,1H3/b13-12+/t15-/m1/s1. The van der Waals surface area contributed by atoms with Gasteiger partial charge in [-0.05, 0) is 37.5 Å². The van der Waals surface area contributed by atoms with Gasteiger partial charge in [0.15, 0.2) is 11.5 Å². The van der Waals surface area contributed by atoms with Gasteiger partial charge in [-0.25, -0.2) is 0 Å². The molecule has 2 aromatic heterocycles. The Balaban J connectivity index is 1.50. The first-order valence-corrected chi connectivity index (χ1v) is 9.41. The monoisotopic (exact) mass is 369 g/mol. The van der Waals surface area contributed by atoms with Gasteiger partial charge in [0.25, 0.3) is 5.91 Å². The first-order valence-electron chi connectivity index (χ1n) is 9.41. The number of amides is 1. The SMILES string of the molecule is C[C@@H]1CCc2ccccc2N1C(=O)/C=C/c1nnc2c3ccccc3cnn12. The van der Waals surface area contributed by atoms with Gasteiger partial charge in [-0.1, -0.05) is 42.5 Å². The van der Waals surface area contributed by atoms with Gasteiger partial charge < -0.3 is 4.90 Å². The molecule has 2 aromatic carbocycles. The van der Waals surface area contributed by atoms with Crippen LogP contribution in [0.2, 0.25) is 0 Å². The number of aryl methyl sites for hydroxylation is 1. The van der Waals surface area contributed by atoms with Gasteiger partial charge >= 0.3 is 0 Å². The van der Waals surface area contributed by atoms with Crippen molar-refractivity contribution in [3.63, 3.8) is 0 Å². The molecule has 0 bridgehead atoms. The van der Waals surface area contributed by atoms with Gasteiger partial charge in [0.1, 0.15) is 0 Å². The molecule has 0 unspecified atom stereocenters. The highest BCUT2D eigenvalue weighted by Crippen LogP contribution is 2.30. The minimum absolute atomic E-state index is 0.0582. The second-order valence-electron chi connectivity index (χ2n) is 7.08. The third-order valence-electron chi connectivity index (χ3n) is 5.31. The van der Waals surface area contributed by atoms with Crippen LogP contribution in [-0.4, -0.2) is 31.8 Å². The summed E-state index contributed by atoms with van der Waals surface area (Å²) >= 11 is 0. The third kappa shape index (κ3) is 2.65. The summed E-state index contributed by atoms with van der Waals surface area (Å²) in [4.78, 5) is 14.8. The van der Waals surface area contributed by atoms with Crippen LogP contribution in [-0.2, 0) is 11.2 Å². The Morgan fingerprint density at radius 1 is 1.11 bits per heavy atom. The van der Waals surface area contributed by atoms with Gasteiger partial charge in [-0.2, -0.15) is 9.61 Å². The largest absolute Gasteiger partial charge is 0.306 e. The molecule has 0 fully saturated rings. The third-order valence-corrected chi connectivity index (χ3v) is 5.31. The molecule has 0 saturated heterocycles. The van der Waals surface area contributed by atoms with E-state index in [4.69, 9.17) is 0 Å². The summed E-state index contributed by atoms with van der Waals surface area (Å²) in [7, 11) is 0. The predicted molar refractivity (Wildman–Crippen MR) is 109 cm³/mol. The van der Waals surface area contributed by atoms with Crippen LogP contribution in [0.1, 0.15) is 24.7 Å². The predicted octanol–water partition coefficient (Wildman–Crippen LogP) is 3.66. The van der Waals surface area contributed by atoms with Crippen LogP contribution in [0.25, 0.3) is 22.5 Å². The van der Waals surface area contributed by atoms with Crippen molar-refractivity contribution in [2.24, 2.45) is 0 Å². The molecular formula is C22H19N5O. The number of aromatic nitrogens is 4. The average Bonchev–Trinajstić information content (AvgIpc) is 3.15. The molecule has 0 saturated carbocycles. The molecule has 0 spiro atoms. The number of carbonyl (C=O) groups excluding carboxylic acids is 1. The molecule has 5 rings (SSSR count). The summed E-state index contributed by atoms with van der Waals surface area (Å²) in [5, 5.41) is 14.9. The first kappa shape index (κ1) is 16.6. The van der Waals surface area contributed by atoms with Crippen LogP contribution in [0.4, 0.5) is 5.69 Å². The molecule has 0 N–H and O–H groups in total. The van der Waals surface area contributed by atoms with Crippen molar-refractivity contribution in [1.82, 2.24) is 19.8 Å². The lowest BCUT2D eigenvalue weighted by molar-refractivity contribution is -0.114. The van der Waals surface area contributed by atoms with Crippen LogP contribution >= 0.6 is 0 Å². The summed E-state index contributed by atoms with van der Waals surface area (Å²) < 4.78 is 1.67. The molecule has 3 heterocycles. The smallest absolute Gasteiger partial charge is 0.251 e. The molecule has 1 atom stereocenters. The lowest BCUT2D eigenvalue weighted by Gasteiger charge is -2.34. The lowest BCUT2D eigenvalue weighted by Crippen LogP contribution is -2.41. The van der Waals surface area contributed by atoms with Gasteiger partial charge in [0, 0.05) is 28.6 Å². The molecule has 138 valence electrons. The van der Waals surface area contributed by atoms with E-state index in [0.29, 0.717) is 11.5 Å². The number of para-hydroxylation sites is 1. The number of carbonyl (C=O) groups is 1. The van der Waals surface area contributed by atoms with Crippen LogP contribution in [0, 0.1) is 0 Å². The maximum Gasteiger partial charge on any atom is 0.251 e. The molecule has 1 aliphatic rings. The first-order chi connectivity index (χ1) is 13.7. The number of anilines is 1. The quantitative estimate of drug-likeness (QED) is 0.506. The summed E-state index contributed by atoms with van der Waals surface area (Å²) in [6, 6.07) is 16.2. The minimum Gasteiger partial charge on any atom is -0.306 e. The van der Waals surface area contributed by atoms with Gasteiger partial charge in [0.2, 0.25) is 0 Å². The average molecular weight is 369 g/mol. The maximum atomic E-state index is 13.0. The number of benzene rings is 2. The van der Waals surface area contributed by atoms with Crippen LogP contribution in [0.15, 0.2) is 60.8 Å². The van der Waals surface area contributed by atoms with Crippen LogP contribution in [0.5, 0.6) is 0 Å². The summed E-state index contributed by atoms with van der Waals surface area (Å²) in [5.41, 5.74) is 2.89. The molecule has 0 radical (unpaired) electrons. The Hall–Kier alpha value is -3.54. The zero-order valence-electron chi connectivity index (χ0n) is 15.5. The molecule has 1 amide bonds. The Morgan fingerprint density at radius 3 is 2.86 bits per heavy atom. The fourth-order valence-electron chi connectivity index (χ4n) is 3.86. The highest BCUT2D eigenvalue weighted by molar-refractivity contribution is 6.05. The van der Waals surface area contributed by atoms with Crippen molar-refractivity contribution in [2.75, 3.05) is 4.90 Å². The van der Waals surface area contributed by atoms with E-state index < -0.39 is 0 Å². The Kier molecular flexibility index (Phi) is 3.90. The second-order valence-corrected chi connectivity index (χ2v) is 7.08. The summed E-state index contributed by atoms with van der Waals surface area (Å²) in [5.74, 6) is 0.476. The van der Waals surface area contributed by atoms with E-state index in [1.165, 1.54) is 5.56 Å². The van der Waals surface area contributed by atoms with Crippen molar-refractivity contribution in [1.29, 1.82) is 0 Å².